The standard InChI is InChI=1S/C24H30N4O/c1-15-12-18(25)7-8-19(15)24(5)10-11-28(16(2)23(24,3)4)22(29)17-6-9-20-21(13-17)27-14-26-20/h6-9,12-14,16H,10-11,25H2,1-5H3,(H,26,27). The number of H-pyrrole nitrogens is 1. The molecule has 1 amide bonds. The molecule has 3 N–H and O–H groups in total. The molecule has 1 aromatic heterocycles. The van der Waals surface area contributed by atoms with Crippen molar-refractivity contribution in [2.24, 2.45) is 5.41 Å². The summed E-state index contributed by atoms with van der Waals surface area (Å²) in [4.78, 5) is 22.8. The van der Waals surface area contributed by atoms with Crippen LogP contribution in [0.1, 0.15) is 55.6 Å². The van der Waals surface area contributed by atoms with Crippen molar-refractivity contribution in [1.29, 1.82) is 0 Å². The highest BCUT2D eigenvalue weighted by Gasteiger charge is 2.52. The number of likely N-dealkylation sites (tertiary alicyclic amines) is 1. The maximum absolute atomic E-state index is 13.4. The van der Waals surface area contributed by atoms with E-state index >= 15 is 0 Å². The van der Waals surface area contributed by atoms with Crippen molar-refractivity contribution in [2.45, 2.75) is 52.5 Å². The third kappa shape index (κ3) is 2.91. The highest BCUT2D eigenvalue weighted by Crippen LogP contribution is 2.52. The molecule has 2 atom stereocenters. The number of aromatic nitrogens is 2. The number of rotatable bonds is 2. The van der Waals surface area contributed by atoms with E-state index in [2.05, 4.69) is 56.7 Å². The number of nitrogen functional groups attached to an aromatic ring is 1. The van der Waals surface area contributed by atoms with E-state index in [4.69, 9.17) is 5.73 Å². The lowest BCUT2D eigenvalue weighted by molar-refractivity contribution is -0.00990. The fourth-order valence-electron chi connectivity index (χ4n) is 5.01. The Kier molecular flexibility index (Phi) is 4.45. The number of hydrogen-bond acceptors (Lipinski definition) is 3. The summed E-state index contributed by atoms with van der Waals surface area (Å²) in [5, 5.41) is 0. The third-order valence-corrected chi connectivity index (χ3v) is 7.56. The van der Waals surface area contributed by atoms with Crippen LogP contribution in [-0.2, 0) is 5.41 Å². The lowest BCUT2D eigenvalue weighted by atomic mass is 9.55. The van der Waals surface area contributed by atoms with Crippen LogP contribution in [0.15, 0.2) is 42.7 Å². The number of amides is 1. The molecule has 5 heteroatoms. The van der Waals surface area contributed by atoms with Crippen LogP contribution in [0.5, 0.6) is 0 Å². The summed E-state index contributed by atoms with van der Waals surface area (Å²) < 4.78 is 0. The van der Waals surface area contributed by atoms with Crippen LogP contribution in [0.2, 0.25) is 0 Å². The van der Waals surface area contributed by atoms with Gasteiger partial charge in [0.2, 0.25) is 0 Å². The second-order valence-corrected chi connectivity index (χ2v) is 9.19. The number of hydrogen-bond donors (Lipinski definition) is 2. The zero-order valence-electron chi connectivity index (χ0n) is 17.9. The van der Waals surface area contributed by atoms with Crippen molar-refractivity contribution < 1.29 is 4.79 Å². The lowest BCUT2D eigenvalue weighted by Gasteiger charge is -2.56. The minimum absolute atomic E-state index is 0.0473. The molecule has 0 aliphatic carbocycles. The first kappa shape index (κ1) is 19.5. The molecule has 0 spiro atoms. The van der Waals surface area contributed by atoms with Crippen molar-refractivity contribution in [1.82, 2.24) is 14.9 Å². The van der Waals surface area contributed by atoms with Gasteiger partial charge in [0.05, 0.1) is 17.4 Å². The van der Waals surface area contributed by atoms with Crippen LogP contribution in [0, 0.1) is 12.3 Å². The Labute approximate surface area is 172 Å². The highest BCUT2D eigenvalue weighted by atomic mass is 16.2. The van der Waals surface area contributed by atoms with Crippen molar-refractivity contribution in [3.63, 3.8) is 0 Å². The van der Waals surface area contributed by atoms with Gasteiger partial charge in [0.1, 0.15) is 0 Å². The number of piperidine rings is 1. The molecule has 0 bridgehead atoms. The van der Waals surface area contributed by atoms with Gasteiger partial charge in [-0.25, -0.2) is 4.98 Å². The number of imidazole rings is 1. The number of nitrogens with two attached hydrogens (primary N) is 1. The molecule has 152 valence electrons. The molecule has 1 aliphatic rings. The van der Waals surface area contributed by atoms with Crippen molar-refractivity contribution in [2.75, 3.05) is 12.3 Å². The first-order valence-corrected chi connectivity index (χ1v) is 10.3. The van der Waals surface area contributed by atoms with Crippen LogP contribution < -0.4 is 5.73 Å². The van der Waals surface area contributed by atoms with Crippen LogP contribution in [0.3, 0.4) is 0 Å². The zero-order chi connectivity index (χ0) is 21.0. The van der Waals surface area contributed by atoms with E-state index in [0.29, 0.717) is 5.56 Å². The summed E-state index contributed by atoms with van der Waals surface area (Å²) in [6.07, 6.45) is 2.57. The van der Waals surface area contributed by atoms with E-state index in [9.17, 15) is 4.79 Å². The smallest absolute Gasteiger partial charge is 0.254 e. The Hall–Kier alpha value is -2.82. The number of aryl methyl sites for hydroxylation is 1. The second-order valence-electron chi connectivity index (χ2n) is 9.19. The number of anilines is 1. The maximum atomic E-state index is 13.4. The minimum Gasteiger partial charge on any atom is -0.399 e. The number of fused-ring (bicyclic) bond motifs is 1. The van der Waals surface area contributed by atoms with Gasteiger partial charge < -0.3 is 15.6 Å². The van der Waals surface area contributed by atoms with E-state index in [1.165, 1.54) is 11.1 Å². The normalized spacial score (nSPS) is 24.0. The van der Waals surface area contributed by atoms with Gasteiger partial charge in [-0.2, -0.15) is 0 Å². The van der Waals surface area contributed by atoms with E-state index in [0.717, 1.165) is 29.7 Å². The molecule has 1 saturated heterocycles. The first-order valence-electron chi connectivity index (χ1n) is 10.3. The molecule has 2 aromatic carbocycles. The van der Waals surface area contributed by atoms with Gasteiger partial charge in [0.15, 0.2) is 0 Å². The Bertz CT molecular complexity index is 1080. The fourth-order valence-corrected chi connectivity index (χ4v) is 5.01. The quantitative estimate of drug-likeness (QED) is 0.624. The van der Waals surface area contributed by atoms with Gasteiger partial charge >= 0.3 is 0 Å². The summed E-state index contributed by atoms with van der Waals surface area (Å²) in [5.41, 5.74) is 11.6. The Morgan fingerprint density at radius 2 is 1.97 bits per heavy atom. The predicted octanol–water partition coefficient (Wildman–Crippen LogP) is 4.67. The number of carbonyl (C=O) groups is 1. The molecule has 0 radical (unpaired) electrons. The first-order chi connectivity index (χ1) is 13.6. The molecule has 1 fully saturated rings. The molecule has 1 aliphatic heterocycles. The second kappa shape index (κ2) is 6.61. The molecule has 5 nitrogen and oxygen atoms in total. The maximum Gasteiger partial charge on any atom is 0.254 e. The van der Waals surface area contributed by atoms with E-state index in [1.54, 1.807) is 6.33 Å². The molecule has 2 unspecified atom stereocenters. The van der Waals surface area contributed by atoms with E-state index in [-0.39, 0.29) is 22.8 Å². The Balaban J connectivity index is 1.67. The Morgan fingerprint density at radius 3 is 2.69 bits per heavy atom. The number of nitrogens with one attached hydrogen (secondary N) is 1. The van der Waals surface area contributed by atoms with Crippen LogP contribution in [-0.4, -0.2) is 33.4 Å². The average molecular weight is 391 g/mol. The number of carbonyl (C=O) groups excluding carboxylic acids is 1. The molecule has 4 rings (SSSR count). The molecular weight excluding hydrogens is 360 g/mol. The zero-order valence-corrected chi connectivity index (χ0v) is 17.9. The topological polar surface area (TPSA) is 75.0 Å². The number of nitrogens with zero attached hydrogens (tertiary/aromatic N) is 2. The van der Waals surface area contributed by atoms with E-state index in [1.807, 2.05) is 29.2 Å². The van der Waals surface area contributed by atoms with Gasteiger partial charge in [-0.15, -0.1) is 0 Å². The molecule has 2 heterocycles. The minimum atomic E-state index is -0.111. The summed E-state index contributed by atoms with van der Waals surface area (Å²) in [6.45, 7) is 11.9. The van der Waals surface area contributed by atoms with E-state index < -0.39 is 0 Å². The van der Waals surface area contributed by atoms with Crippen LogP contribution >= 0.6 is 0 Å². The van der Waals surface area contributed by atoms with Crippen molar-refractivity contribution in [3.8, 4) is 0 Å². The van der Waals surface area contributed by atoms with Crippen LogP contribution in [0.25, 0.3) is 11.0 Å². The molecule has 29 heavy (non-hydrogen) atoms. The van der Waals surface area contributed by atoms with Crippen molar-refractivity contribution >= 4 is 22.6 Å². The van der Waals surface area contributed by atoms with Gasteiger partial charge in [0.25, 0.3) is 5.91 Å². The fraction of sp³-hybridized carbons (Fsp3) is 0.417. The molecule has 0 saturated carbocycles. The average Bonchev–Trinajstić information content (AvgIpc) is 3.14. The third-order valence-electron chi connectivity index (χ3n) is 7.56. The summed E-state index contributed by atoms with van der Waals surface area (Å²) in [5.74, 6) is 0.0816. The SMILES string of the molecule is Cc1cc(N)ccc1C1(C)CCN(C(=O)c2ccc3nc[nH]c3c2)C(C)C1(C)C. The summed E-state index contributed by atoms with van der Waals surface area (Å²) in [6, 6.07) is 12.0. The number of aromatic amines is 1. The molecule has 3 aromatic rings. The largest absolute Gasteiger partial charge is 0.399 e. The Morgan fingerprint density at radius 1 is 1.21 bits per heavy atom. The van der Waals surface area contributed by atoms with Gasteiger partial charge in [-0.3, -0.25) is 4.79 Å². The lowest BCUT2D eigenvalue weighted by Crippen LogP contribution is -2.60. The van der Waals surface area contributed by atoms with Crippen molar-refractivity contribution in [3.05, 3.63) is 59.4 Å². The summed E-state index contributed by atoms with van der Waals surface area (Å²) >= 11 is 0. The summed E-state index contributed by atoms with van der Waals surface area (Å²) in [7, 11) is 0. The predicted molar refractivity (Wildman–Crippen MR) is 118 cm³/mol. The number of benzene rings is 2. The van der Waals surface area contributed by atoms with Gasteiger partial charge in [-0.1, -0.05) is 26.8 Å². The highest BCUT2D eigenvalue weighted by molar-refractivity contribution is 5.97. The van der Waals surface area contributed by atoms with Crippen LogP contribution in [0.4, 0.5) is 5.69 Å². The monoisotopic (exact) mass is 390 g/mol. The van der Waals surface area contributed by atoms with Gasteiger partial charge in [-0.05, 0) is 67.1 Å². The molecular formula is C24H30N4O. The van der Waals surface area contributed by atoms with Gasteiger partial charge in [0, 0.05) is 29.3 Å².